The Hall–Kier alpha value is -2.66. The molecular formula is C20H23N5. The molecule has 0 amide bonds. The van der Waals surface area contributed by atoms with Crippen molar-refractivity contribution in [2.24, 2.45) is 0 Å². The van der Waals surface area contributed by atoms with Gasteiger partial charge in [-0.25, -0.2) is 0 Å². The fourth-order valence-electron chi connectivity index (χ4n) is 3.39. The Morgan fingerprint density at radius 2 is 1.96 bits per heavy atom. The Morgan fingerprint density at radius 3 is 2.72 bits per heavy atom. The number of H-pyrrole nitrogens is 1. The van der Waals surface area contributed by atoms with E-state index in [0.717, 1.165) is 49.4 Å². The van der Waals surface area contributed by atoms with Gasteiger partial charge in [0.15, 0.2) is 0 Å². The zero-order valence-corrected chi connectivity index (χ0v) is 14.2. The predicted octanol–water partition coefficient (Wildman–Crippen LogP) is 3.55. The van der Waals surface area contributed by atoms with Crippen molar-refractivity contribution in [3.63, 3.8) is 0 Å². The number of pyridine rings is 1. The standard InChI is InChI=1S/C20H23N5/c1-2-10-21-19(5-1)15-25-12-8-17(9-13-25)23-18-6-3-4-16(14-18)20-7-11-22-24-20/h1-7,10-11,14,17,23H,8-9,12-13,15H2,(H,22,24). The summed E-state index contributed by atoms with van der Waals surface area (Å²) in [6.45, 7) is 3.16. The van der Waals surface area contributed by atoms with Crippen LogP contribution in [0.1, 0.15) is 18.5 Å². The van der Waals surface area contributed by atoms with Crippen LogP contribution in [0.15, 0.2) is 60.9 Å². The van der Waals surface area contributed by atoms with E-state index >= 15 is 0 Å². The summed E-state index contributed by atoms with van der Waals surface area (Å²) in [5.74, 6) is 0. The molecule has 0 saturated carbocycles. The third-order valence-corrected chi connectivity index (χ3v) is 4.74. The van der Waals surface area contributed by atoms with E-state index in [2.05, 4.69) is 61.8 Å². The van der Waals surface area contributed by atoms with Gasteiger partial charge in [0.25, 0.3) is 0 Å². The first kappa shape index (κ1) is 15.8. The molecule has 3 aromatic rings. The van der Waals surface area contributed by atoms with E-state index in [-0.39, 0.29) is 0 Å². The van der Waals surface area contributed by atoms with Gasteiger partial charge in [-0.15, -0.1) is 0 Å². The first-order valence-electron chi connectivity index (χ1n) is 8.85. The molecule has 0 atom stereocenters. The van der Waals surface area contributed by atoms with Crippen molar-refractivity contribution in [2.75, 3.05) is 18.4 Å². The molecule has 2 N–H and O–H groups in total. The summed E-state index contributed by atoms with van der Waals surface area (Å²) in [5.41, 5.74) is 4.54. The zero-order chi connectivity index (χ0) is 16.9. The van der Waals surface area contributed by atoms with E-state index in [1.54, 1.807) is 6.20 Å². The summed E-state index contributed by atoms with van der Waals surface area (Å²) >= 11 is 0. The number of likely N-dealkylation sites (tertiary alicyclic amines) is 1. The lowest BCUT2D eigenvalue weighted by Crippen LogP contribution is -2.38. The SMILES string of the molecule is c1ccc(CN2CCC(Nc3cccc(-c4ccn[nH]4)c3)CC2)nc1. The van der Waals surface area contributed by atoms with Crippen molar-refractivity contribution < 1.29 is 0 Å². The quantitative estimate of drug-likeness (QED) is 0.750. The van der Waals surface area contributed by atoms with E-state index in [1.165, 1.54) is 5.69 Å². The van der Waals surface area contributed by atoms with Crippen LogP contribution in [-0.2, 0) is 6.54 Å². The second-order valence-corrected chi connectivity index (χ2v) is 6.57. The lowest BCUT2D eigenvalue weighted by atomic mass is 10.0. The van der Waals surface area contributed by atoms with Crippen LogP contribution in [0.25, 0.3) is 11.3 Å². The molecule has 1 aromatic carbocycles. The summed E-state index contributed by atoms with van der Waals surface area (Å²) in [7, 11) is 0. The molecule has 0 unspecified atom stereocenters. The number of rotatable bonds is 5. The van der Waals surface area contributed by atoms with Gasteiger partial charge in [-0.2, -0.15) is 5.10 Å². The number of aromatic amines is 1. The maximum atomic E-state index is 4.43. The molecule has 0 spiro atoms. The van der Waals surface area contributed by atoms with E-state index in [4.69, 9.17) is 0 Å². The Kier molecular flexibility index (Phi) is 4.74. The second kappa shape index (κ2) is 7.49. The minimum Gasteiger partial charge on any atom is -0.382 e. The summed E-state index contributed by atoms with van der Waals surface area (Å²) in [6, 6.07) is 17.2. The molecule has 25 heavy (non-hydrogen) atoms. The van der Waals surface area contributed by atoms with Crippen LogP contribution in [0.5, 0.6) is 0 Å². The van der Waals surface area contributed by atoms with Crippen LogP contribution >= 0.6 is 0 Å². The summed E-state index contributed by atoms with van der Waals surface area (Å²) in [5, 5.41) is 10.7. The van der Waals surface area contributed by atoms with Gasteiger partial charge in [-0.05, 0) is 43.2 Å². The maximum absolute atomic E-state index is 4.43. The minimum atomic E-state index is 0.525. The van der Waals surface area contributed by atoms with Crippen LogP contribution in [0.2, 0.25) is 0 Å². The van der Waals surface area contributed by atoms with Gasteiger partial charge < -0.3 is 5.32 Å². The molecule has 0 radical (unpaired) electrons. The van der Waals surface area contributed by atoms with Gasteiger partial charge in [0, 0.05) is 49.3 Å². The molecule has 5 nitrogen and oxygen atoms in total. The Morgan fingerprint density at radius 1 is 1.04 bits per heavy atom. The molecule has 4 rings (SSSR count). The van der Waals surface area contributed by atoms with Crippen LogP contribution < -0.4 is 5.32 Å². The number of benzene rings is 1. The molecule has 1 fully saturated rings. The van der Waals surface area contributed by atoms with Crippen LogP contribution in [-0.4, -0.2) is 39.2 Å². The molecule has 5 heteroatoms. The normalized spacial score (nSPS) is 16.0. The van der Waals surface area contributed by atoms with Crippen molar-refractivity contribution in [3.05, 3.63) is 66.6 Å². The number of hydrogen-bond donors (Lipinski definition) is 2. The molecule has 0 bridgehead atoms. The Labute approximate surface area is 148 Å². The number of nitrogens with one attached hydrogen (secondary N) is 2. The summed E-state index contributed by atoms with van der Waals surface area (Å²) in [4.78, 5) is 6.92. The molecule has 2 aromatic heterocycles. The topological polar surface area (TPSA) is 56.8 Å². The van der Waals surface area contributed by atoms with Gasteiger partial charge in [-0.3, -0.25) is 15.0 Å². The van der Waals surface area contributed by atoms with Crippen molar-refractivity contribution in [3.8, 4) is 11.3 Å². The van der Waals surface area contributed by atoms with Crippen molar-refractivity contribution in [2.45, 2.75) is 25.4 Å². The minimum absolute atomic E-state index is 0.525. The molecule has 128 valence electrons. The Bertz CT molecular complexity index is 777. The number of anilines is 1. The molecule has 1 aliphatic heterocycles. The summed E-state index contributed by atoms with van der Waals surface area (Å²) < 4.78 is 0. The zero-order valence-electron chi connectivity index (χ0n) is 14.2. The fourth-order valence-corrected chi connectivity index (χ4v) is 3.39. The second-order valence-electron chi connectivity index (χ2n) is 6.57. The molecule has 1 aliphatic rings. The monoisotopic (exact) mass is 333 g/mol. The lowest BCUT2D eigenvalue weighted by molar-refractivity contribution is 0.209. The summed E-state index contributed by atoms with van der Waals surface area (Å²) in [6.07, 6.45) is 5.96. The van der Waals surface area contributed by atoms with Gasteiger partial charge >= 0.3 is 0 Å². The van der Waals surface area contributed by atoms with Crippen molar-refractivity contribution in [1.29, 1.82) is 0 Å². The average Bonchev–Trinajstić information content (AvgIpc) is 3.19. The number of aromatic nitrogens is 3. The van der Waals surface area contributed by atoms with Crippen molar-refractivity contribution >= 4 is 5.69 Å². The smallest absolute Gasteiger partial charge is 0.0650 e. The maximum Gasteiger partial charge on any atom is 0.0650 e. The molecule has 1 saturated heterocycles. The molecule has 0 aliphatic carbocycles. The first-order chi connectivity index (χ1) is 12.4. The third-order valence-electron chi connectivity index (χ3n) is 4.74. The van der Waals surface area contributed by atoms with Crippen LogP contribution in [0.4, 0.5) is 5.69 Å². The third kappa shape index (κ3) is 4.06. The Balaban J connectivity index is 1.32. The van der Waals surface area contributed by atoms with Crippen LogP contribution in [0, 0.1) is 0 Å². The van der Waals surface area contributed by atoms with E-state index in [0.29, 0.717) is 6.04 Å². The van der Waals surface area contributed by atoms with Gasteiger partial charge in [0.1, 0.15) is 0 Å². The highest BCUT2D eigenvalue weighted by Crippen LogP contribution is 2.23. The highest BCUT2D eigenvalue weighted by atomic mass is 15.1. The van der Waals surface area contributed by atoms with Crippen molar-refractivity contribution in [1.82, 2.24) is 20.1 Å². The van der Waals surface area contributed by atoms with E-state index in [9.17, 15) is 0 Å². The predicted molar refractivity (Wildman–Crippen MR) is 100 cm³/mol. The van der Waals surface area contributed by atoms with Crippen LogP contribution in [0.3, 0.4) is 0 Å². The van der Waals surface area contributed by atoms with Gasteiger partial charge in [0.05, 0.1) is 11.4 Å². The molecular weight excluding hydrogens is 310 g/mol. The lowest BCUT2D eigenvalue weighted by Gasteiger charge is -2.32. The van der Waals surface area contributed by atoms with Gasteiger partial charge in [-0.1, -0.05) is 18.2 Å². The van der Waals surface area contributed by atoms with E-state index < -0.39 is 0 Å². The van der Waals surface area contributed by atoms with E-state index in [1.807, 2.05) is 18.3 Å². The first-order valence-corrected chi connectivity index (χ1v) is 8.85. The number of nitrogens with zero attached hydrogens (tertiary/aromatic N) is 3. The average molecular weight is 333 g/mol. The highest BCUT2D eigenvalue weighted by molar-refractivity contribution is 5.64. The number of hydrogen-bond acceptors (Lipinski definition) is 4. The largest absolute Gasteiger partial charge is 0.382 e. The fraction of sp³-hybridized carbons (Fsp3) is 0.300. The highest BCUT2D eigenvalue weighted by Gasteiger charge is 2.19. The van der Waals surface area contributed by atoms with Gasteiger partial charge in [0.2, 0.25) is 0 Å². The molecule has 3 heterocycles. The number of piperidine rings is 1.